The average Bonchev–Trinajstić information content (AvgIpc) is 2.50. The van der Waals surface area contributed by atoms with Crippen LogP contribution in [0.2, 0.25) is 5.02 Å². The van der Waals surface area contributed by atoms with Gasteiger partial charge in [-0.1, -0.05) is 35.9 Å². The molecule has 0 fully saturated rings. The molecule has 21 heavy (non-hydrogen) atoms. The first kappa shape index (κ1) is 14.0. The monoisotopic (exact) mass is 297 g/mol. The second kappa shape index (κ2) is 5.82. The Morgan fingerprint density at radius 2 is 2.00 bits per heavy atom. The summed E-state index contributed by atoms with van der Waals surface area (Å²) in [6.45, 7) is 2.02. The largest absolute Gasteiger partial charge is 0.271 e. The van der Waals surface area contributed by atoms with Gasteiger partial charge in [-0.25, -0.2) is 5.43 Å². The molecule has 1 atom stereocenters. The van der Waals surface area contributed by atoms with Crippen LogP contribution in [0, 0.1) is 6.92 Å². The zero-order chi connectivity index (χ0) is 14.8. The maximum atomic E-state index is 6.36. The molecular formula is C17H16ClN3. The van der Waals surface area contributed by atoms with Crippen molar-refractivity contribution < 1.29 is 0 Å². The van der Waals surface area contributed by atoms with Gasteiger partial charge in [-0.2, -0.15) is 0 Å². The van der Waals surface area contributed by atoms with Crippen molar-refractivity contribution in [2.45, 2.75) is 13.0 Å². The number of nitrogens with zero attached hydrogens (tertiary/aromatic N) is 1. The van der Waals surface area contributed by atoms with Crippen molar-refractivity contribution >= 4 is 22.5 Å². The van der Waals surface area contributed by atoms with Crippen LogP contribution in [0.25, 0.3) is 10.9 Å². The number of nitrogens with two attached hydrogens (primary N) is 1. The smallest absolute Gasteiger partial charge is 0.0724 e. The van der Waals surface area contributed by atoms with E-state index in [9.17, 15) is 0 Å². The van der Waals surface area contributed by atoms with Gasteiger partial charge in [0.15, 0.2) is 0 Å². The molecule has 0 aliphatic carbocycles. The van der Waals surface area contributed by atoms with Crippen molar-refractivity contribution in [3.8, 4) is 0 Å². The summed E-state index contributed by atoms with van der Waals surface area (Å²) in [5.41, 5.74) is 6.97. The molecule has 3 aromatic rings. The summed E-state index contributed by atoms with van der Waals surface area (Å²) >= 11 is 6.36. The highest BCUT2D eigenvalue weighted by Gasteiger charge is 2.16. The number of aromatic nitrogens is 1. The van der Waals surface area contributed by atoms with E-state index in [1.165, 1.54) is 0 Å². The normalized spacial score (nSPS) is 12.5. The lowest BCUT2D eigenvalue weighted by atomic mass is 9.97. The van der Waals surface area contributed by atoms with Crippen LogP contribution in [0.3, 0.4) is 0 Å². The summed E-state index contributed by atoms with van der Waals surface area (Å²) in [7, 11) is 0. The van der Waals surface area contributed by atoms with Gasteiger partial charge in [0.1, 0.15) is 0 Å². The quantitative estimate of drug-likeness (QED) is 0.572. The molecule has 0 spiro atoms. The van der Waals surface area contributed by atoms with Crippen molar-refractivity contribution in [3.05, 3.63) is 76.4 Å². The molecule has 0 radical (unpaired) electrons. The molecule has 1 heterocycles. The maximum absolute atomic E-state index is 6.36. The Morgan fingerprint density at radius 1 is 1.14 bits per heavy atom. The van der Waals surface area contributed by atoms with Crippen LogP contribution in [0.15, 0.2) is 54.7 Å². The standard InChI is InChI=1S/C17H16ClN3/c1-11-4-6-14(15(18)9-11)17(21-19)13-5-7-16-12(10-13)3-2-8-20-16/h2-10,17,21H,19H2,1H3. The molecule has 4 heteroatoms. The predicted molar refractivity (Wildman–Crippen MR) is 87.1 cm³/mol. The van der Waals surface area contributed by atoms with Gasteiger partial charge < -0.3 is 0 Å². The van der Waals surface area contributed by atoms with Gasteiger partial charge in [-0.15, -0.1) is 0 Å². The van der Waals surface area contributed by atoms with Crippen LogP contribution >= 0.6 is 11.6 Å². The number of aryl methyl sites for hydroxylation is 1. The number of hydrazine groups is 1. The Labute approximate surface area is 128 Å². The van der Waals surface area contributed by atoms with E-state index < -0.39 is 0 Å². The van der Waals surface area contributed by atoms with Crippen LogP contribution in [0.5, 0.6) is 0 Å². The number of nitrogens with one attached hydrogen (secondary N) is 1. The number of halogens is 1. The van der Waals surface area contributed by atoms with E-state index >= 15 is 0 Å². The second-order valence-electron chi connectivity index (χ2n) is 5.08. The van der Waals surface area contributed by atoms with E-state index in [0.29, 0.717) is 5.02 Å². The number of rotatable bonds is 3. The van der Waals surface area contributed by atoms with Gasteiger partial charge in [-0.05, 0) is 47.9 Å². The van der Waals surface area contributed by atoms with Gasteiger partial charge >= 0.3 is 0 Å². The lowest BCUT2D eigenvalue weighted by molar-refractivity contribution is 0.637. The van der Waals surface area contributed by atoms with Gasteiger partial charge in [0.25, 0.3) is 0 Å². The molecule has 3 nitrogen and oxygen atoms in total. The summed E-state index contributed by atoms with van der Waals surface area (Å²) in [6.07, 6.45) is 1.79. The highest BCUT2D eigenvalue weighted by Crippen LogP contribution is 2.30. The predicted octanol–water partition coefficient (Wildman–Crippen LogP) is 3.75. The van der Waals surface area contributed by atoms with E-state index in [-0.39, 0.29) is 6.04 Å². The van der Waals surface area contributed by atoms with Crippen molar-refractivity contribution in [3.63, 3.8) is 0 Å². The summed E-state index contributed by atoms with van der Waals surface area (Å²) in [6, 6.07) is 15.9. The third-order valence-electron chi connectivity index (χ3n) is 3.59. The Bertz CT molecular complexity index is 786. The average molecular weight is 298 g/mol. The van der Waals surface area contributed by atoms with E-state index in [0.717, 1.165) is 27.6 Å². The minimum absolute atomic E-state index is 0.150. The zero-order valence-electron chi connectivity index (χ0n) is 11.7. The van der Waals surface area contributed by atoms with Gasteiger partial charge in [0, 0.05) is 16.6 Å². The fourth-order valence-electron chi connectivity index (χ4n) is 2.51. The van der Waals surface area contributed by atoms with E-state index in [1.54, 1.807) is 6.20 Å². The number of fused-ring (bicyclic) bond motifs is 1. The maximum Gasteiger partial charge on any atom is 0.0724 e. The molecule has 1 aromatic heterocycles. The molecule has 0 saturated carbocycles. The number of benzene rings is 2. The second-order valence-corrected chi connectivity index (χ2v) is 5.49. The van der Waals surface area contributed by atoms with Gasteiger partial charge in [0.2, 0.25) is 0 Å². The molecule has 3 N–H and O–H groups in total. The molecular weight excluding hydrogens is 282 g/mol. The van der Waals surface area contributed by atoms with Crippen molar-refractivity contribution in [1.82, 2.24) is 10.4 Å². The Kier molecular flexibility index (Phi) is 3.88. The van der Waals surface area contributed by atoms with E-state index in [4.69, 9.17) is 17.4 Å². The van der Waals surface area contributed by atoms with Crippen molar-refractivity contribution in [2.75, 3.05) is 0 Å². The minimum Gasteiger partial charge on any atom is -0.271 e. The minimum atomic E-state index is -0.150. The molecule has 0 bridgehead atoms. The number of pyridine rings is 1. The van der Waals surface area contributed by atoms with Gasteiger partial charge in [0.05, 0.1) is 11.6 Å². The molecule has 0 aliphatic heterocycles. The highest BCUT2D eigenvalue weighted by molar-refractivity contribution is 6.31. The fraction of sp³-hybridized carbons (Fsp3) is 0.118. The summed E-state index contributed by atoms with van der Waals surface area (Å²) in [5.74, 6) is 5.76. The Hall–Kier alpha value is -1.94. The van der Waals surface area contributed by atoms with Crippen molar-refractivity contribution in [2.24, 2.45) is 5.84 Å². The lowest BCUT2D eigenvalue weighted by Crippen LogP contribution is -2.29. The number of hydrogen-bond acceptors (Lipinski definition) is 3. The van der Waals surface area contributed by atoms with Crippen LogP contribution in [0.1, 0.15) is 22.7 Å². The number of hydrogen-bond donors (Lipinski definition) is 2. The zero-order valence-corrected chi connectivity index (χ0v) is 12.4. The topological polar surface area (TPSA) is 50.9 Å². The van der Waals surface area contributed by atoms with Crippen LogP contribution in [-0.2, 0) is 0 Å². The Balaban J connectivity index is 2.09. The van der Waals surface area contributed by atoms with Crippen LogP contribution in [0.4, 0.5) is 0 Å². The molecule has 3 rings (SSSR count). The highest BCUT2D eigenvalue weighted by atomic mass is 35.5. The first-order valence-electron chi connectivity index (χ1n) is 6.76. The first-order chi connectivity index (χ1) is 10.2. The fourth-order valence-corrected chi connectivity index (χ4v) is 2.85. The van der Waals surface area contributed by atoms with E-state index in [2.05, 4.69) is 16.5 Å². The third-order valence-corrected chi connectivity index (χ3v) is 3.92. The van der Waals surface area contributed by atoms with Gasteiger partial charge in [-0.3, -0.25) is 10.8 Å². The third kappa shape index (κ3) is 2.76. The SMILES string of the molecule is Cc1ccc(C(NN)c2ccc3ncccc3c2)c(Cl)c1. The molecule has 2 aromatic carbocycles. The van der Waals surface area contributed by atoms with Crippen LogP contribution < -0.4 is 11.3 Å². The molecule has 1 unspecified atom stereocenters. The molecule has 0 aliphatic rings. The molecule has 0 saturated heterocycles. The first-order valence-corrected chi connectivity index (χ1v) is 7.13. The van der Waals surface area contributed by atoms with Crippen LogP contribution in [-0.4, -0.2) is 4.98 Å². The lowest BCUT2D eigenvalue weighted by Gasteiger charge is -2.19. The van der Waals surface area contributed by atoms with E-state index in [1.807, 2.05) is 49.4 Å². The summed E-state index contributed by atoms with van der Waals surface area (Å²) in [5, 5.41) is 1.79. The molecule has 106 valence electrons. The Morgan fingerprint density at radius 3 is 2.76 bits per heavy atom. The molecule has 0 amide bonds. The summed E-state index contributed by atoms with van der Waals surface area (Å²) in [4.78, 5) is 4.33. The summed E-state index contributed by atoms with van der Waals surface area (Å²) < 4.78 is 0. The van der Waals surface area contributed by atoms with Crippen molar-refractivity contribution in [1.29, 1.82) is 0 Å².